The van der Waals surface area contributed by atoms with Crippen LogP contribution >= 0.6 is 0 Å². The van der Waals surface area contributed by atoms with Crippen LogP contribution in [-0.4, -0.2) is 37.5 Å². The van der Waals surface area contributed by atoms with Gasteiger partial charge in [0, 0.05) is 19.2 Å². The molecule has 172 valence electrons. The first-order valence-electron chi connectivity index (χ1n) is 10.9. The molecule has 0 radical (unpaired) electrons. The first-order valence-corrected chi connectivity index (χ1v) is 10.9. The number of anilines is 1. The maximum atomic E-state index is 13.9. The average Bonchev–Trinajstić information content (AvgIpc) is 3.13. The van der Waals surface area contributed by atoms with E-state index in [1.807, 2.05) is 23.1 Å². The lowest BCUT2D eigenvalue weighted by Gasteiger charge is -2.31. The van der Waals surface area contributed by atoms with Crippen molar-refractivity contribution in [1.29, 1.82) is 0 Å². The highest BCUT2D eigenvalue weighted by Crippen LogP contribution is 2.41. The summed E-state index contributed by atoms with van der Waals surface area (Å²) in [4.78, 5) is 30.7. The molecule has 2 heterocycles. The van der Waals surface area contributed by atoms with Gasteiger partial charge in [0.05, 0.1) is 25.5 Å². The van der Waals surface area contributed by atoms with E-state index in [4.69, 9.17) is 9.47 Å². The minimum atomic E-state index is -0.489. The number of fused-ring (bicyclic) bond motifs is 1. The number of hydrogen-bond donors (Lipinski definition) is 0. The fraction of sp³-hybridized carbons (Fsp3) is 0.185. The van der Waals surface area contributed by atoms with Crippen molar-refractivity contribution in [2.45, 2.75) is 13.0 Å². The number of methoxy groups -OCH3 is 2. The van der Waals surface area contributed by atoms with E-state index in [0.29, 0.717) is 41.5 Å². The predicted molar refractivity (Wildman–Crippen MR) is 126 cm³/mol. The van der Waals surface area contributed by atoms with Gasteiger partial charge in [-0.3, -0.25) is 9.59 Å². The molecule has 2 amide bonds. The molecule has 0 bridgehead atoms. The van der Waals surface area contributed by atoms with E-state index in [1.54, 1.807) is 18.2 Å². The second-order valence-electron chi connectivity index (χ2n) is 8.15. The molecular formula is C27H23FN2O4. The second kappa shape index (κ2) is 8.67. The Morgan fingerprint density at radius 3 is 2.29 bits per heavy atom. The molecule has 6 nitrogen and oxygen atoms in total. The largest absolute Gasteiger partial charge is 0.497 e. The molecule has 7 heteroatoms. The number of nitrogens with zero attached hydrogens (tertiary/aromatic N) is 2. The Bertz CT molecular complexity index is 1320. The quantitative estimate of drug-likeness (QED) is 0.537. The number of rotatable bonds is 5. The number of ether oxygens (including phenoxy) is 2. The molecule has 0 spiro atoms. The van der Waals surface area contributed by atoms with Crippen molar-refractivity contribution in [2.24, 2.45) is 0 Å². The van der Waals surface area contributed by atoms with Gasteiger partial charge in [0.25, 0.3) is 11.8 Å². The van der Waals surface area contributed by atoms with Gasteiger partial charge in [-0.25, -0.2) is 9.29 Å². The van der Waals surface area contributed by atoms with E-state index in [2.05, 4.69) is 6.07 Å². The fourth-order valence-electron chi connectivity index (χ4n) is 4.57. The summed E-state index contributed by atoms with van der Waals surface area (Å²) in [5, 5.41) is 0. The molecule has 0 fully saturated rings. The Labute approximate surface area is 196 Å². The molecule has 2 aliphatic rings. The van der Waals surface area contributed by atoms with Crippen LogP contribution in [0.15, 0.2) is 72.4 Å². The van der Waals surface area contributed by atoms with Crippen LogP contribution in [0.25, 0.3) is 5.57 Å². The van der Waals surface area contributed by atoms with Crippen molar-refractivity contribution in [1.82, 2.24) is 4.90 Å². The van der Waals surface area contributed by atoms with Gasteiger partial charge in [-0.1, -0.05) is 36.4 Å². The lowest BCUT2D eigenvalue weighted by molar-refractivity contribution is -0.120. The highest BCUT2D eigenvalue weighted by molar-refractivity contribution is 6.45. The van der Waals surface area contributed by atoms with Gasteiger partial charge in [-0.2, -0.15) is 0 Å². The van der Waals surface area contributed by atoms with Crippen molar-refractivity contribution in [2.75, 3.05) is 25.7 Å². The number of amides is 2. The normalized spacial score (nSPS) is 15.6. The summed E-state index contributed by atoms with van der Waals surface area (Å²) < 4.78 is 24.4. The molecule has 5 rings (SSSR count). The summed E-state index contributed by atoms with van der Waals surface area (Å²) in [6.07, 6.45) is 0.750. The fourth-order valence-corrected chi connectivity index (χ4v) is 4.57. The number of benzene rings is 3. The topological polar surface area (TPSA) is 59.1 Å². The summed E-state index contributed by atoms with van der Waals surface area (Å²) in [5.74, 6) is -0.501. The van der Waals surface area contributed by atoms with Crippen molar-refractivity contribution in [3.63, 3.8) is 0 Å². The van der Waals surface area contributed by atoms with Crippen molar-refractivity contribution >= 4 is 23.1 Å². The Morgan fingerprint density at radius 1 is 0.853 bits per heavy atom. The molecule has 3 aromatic carbocycles. The van der Waals surface area contributed by atoms with Gasteiger partial charge >= 0.3 is 0 Å². The maximum absolute atomic E-state index is 13.9. The van der Waals surface area contributed by atoms with Crippen LogP contribution in [0.4, 0.5) is 10.1 Å². The average molecular weight is 458 g/mol. The van der Waals surface area contributed by atoms with Crippen LogP contribution in [0, 0.1) is 5.82 Å². The Morgan fingerprint density at radius 2 is 1.59 bits per heavy atom. The van der Waals surface area contributed by atoms with Crippen LogP contribution in [0.3, 0.4) is 0 Å². The molecule has 2 aliphatic heterocycles. The maximum Gasteiger partial charge on any atom is 0.282 e. The summed E-state index contributed by atoms with van der Waals surface area (Å²) in [7, 11) is 2.99. The minimum absolute atomic E-state index is 0.245. The van der Waals surface area contributed by atoms with Crippen LogP contribution in [0.5, 0.6) is 11.5 Å². The number of halogens is 1. The Kier molecular flexibility index (Phi) is 5.53. The lowest BCUT2D eigenvalue weighted by Crippen LogP contribution is -2.37. The molecule has 0 saturated heterocycles. The zero-order valence-corrected chi connectivity index (χ0v) is 18.9. The van der Waals surface area contributed by atoms with Gasteiger partial charge in [-0.15, -0.1) is 0 Å². The van der Waals surface area contributed by atoms with Crippen LogP contribution in [0.2, 0.25) is 0 Å². The minimum Gasteiger partial charge on any atom is -0.497 e. The van der Waals surface area contributed by atoms with Crippen molar-refractivity contribution < 1.29 is 23.5 Å². The predicted octanol–water partition coefficient (Wildman–Crippen LogP) is 4.19. The Balaban J connectivity index is 1.64. The SMILES string of the molecule is COc1ccc(OC)c(N2C(=O)C(c3ccc(F)cc3)=C(N3CCc4ccccc4C3)C2=O)c1. The van der Waals surface area contributed by atoms with Gasteiger partial charge in [-0.05, 0) is 47.4 Å². The van der Waals surface area contributed by atoms with Crippen LogP contribution < -0.4 is 14.4 Å². The van der Waals surface area contributed by atoms with E-state index >= 15 is 0 Å². The summed E-state index contributed by atoms with van der Waals surface area (Å²) in [6, 6.07) is 18.7. The van der Waals surface area contributed by atoms with Crippen molar-refractivity contribution in [3.05, 3.63) is 94.9 Å². The van der Waals surface area contributed by atoms with E-state index in [9.17, 15) is 14.0 Å². The molecule has 0 saturated carbocycles. The second-order valence-corrected chi connectivity index (χ2v) is 8.15. The highest BCUT2D eigenvalue weighted by atomic mass is 19.1. The van der Waals surface area contributed by atoms with Gasteiger partial charge in [0.15, 0.2) is 0 Å². The third kappa shape index (κ3) is 3.59. The first kappa shape index (κ1) is 21.7. The molecular weight excluding hydrogens is 435 g/mol. The van der Waals surface area contributed by atoms with Crippen LogP contribution in [0.1, 0.15) is 16.7 Å². The molecule has 0 atom stereocenters. The molecule has 0 unspecified atom stereocenters. The third-order valence-electron chi connectivity index (χ3n) is 6.27. The molecule has 0 aromatic heterocycles. The first-order chi connectivity index (χ1) is 16.5. The van der Waals surface area contributed by atoms with Gasteiger partial charge < -0.3 is 14.4 Å². The van der Waals surface area contributed by atoms with Gasteiger partial charge in [0.2, 0.25) is 0 Å². The van der Waals surface area contributed by atoms with E-state index in [1.165, 1.54) is 44.0 Å². The highest BCUT2D eigenvalue weighted by Gasteiger charge is 2.44. The van der Waals surface area contributed by atoms with E-state index < -0.39 is 17.6 Å². The lowest BCUT2D eigenvalue weighted by atomic mass is 9.98. The molecule has 0 N–H and O–H groups in total. The molecule has 0 aliphatic carbocycles. The molecule has 3 aromatic rings. The van der Waals surface area contributed by atoms with Crippen LogP contribution in [-0.2, 0) is 22.6 Å². The Hall–Kier alpha value is -4.13. The standard InChI is InChI=1S/C27H23FN2O4/c1-33-21-11-12-23(34-2)22(15-21)30-26(31)24(18-7-9-20(28)10-8-18)25(27(30)32)29-14-13-17-5-3-4-6-19(17)16-29/h3-12,15H,13-14,16H2,1-2H3. The van der Waals surface area contributed by atoms with E-state index in [-0.39, 0.29) is 5.57 Å². The monoisotopic (exact) mass is 458 g/mol. The molecule has 34 heavy (non-hydrogen) atoms. The smallest absolute Gasteiger partial charge is 0.282 e. The summed E-state index contributed by atoms with van der Waals surface area (Å²) in [5.41, 5.74) is 3.66. The number of carbonyl (C=O) groups excluding carboxylic acids is 2. The van der Waals surface area contributed by atoms with Gasteiger partial charge in [0.1, 0.15) is 23.0 Å². The van der Waals surface area contributed by atoms with Crippen molar-refractivity contribution in [3.8, 4) is 11.5 Å². The summed E-state index contributed by atoms with van der Waals surface area (Å²) >= 11 is 0. The number of imide groups is 1. The van der Waals surface area contributed by atoms with E-state index in [0.717, 1.165) is 16.9 Å². The third-order valence-corrected chi connectivity index (χ3v) is 6.27. The summed E-state index contributed by atoms with van der Waals surface area (Å²) in [6.45, 7) is 1.08. The number of hydrogen-bond acceptors (Lipinski definition) is 5. The zero-order valence-electron chi connectivity index (χ0n) is 18.9. The zero-order chi connectivity index (χ0) is 23.8. The number of carbonyl (C=O) groups is 2.